The Bertz CT molecular complexity index is 430. The Morgan fingerprint density at radius 3 is 2.30 bits per heavy atom. The zero-order valence-electron chi connectivity index (χ0n) is 14.8. The van der Waals surface area contributed by atoms with Gasteiger partial charge >= 0.3 is 6.09 Å². The molecule has 0 unspecified atom stereocenters. The smallest absolute Gasteiger partial charge is 0.407 e. The Morgan fingerprint density at radius 1 is 1.26 bits per heavy atom. The van der Waals surface area contributed by atoms with Gasteiger partial charge in [0.05, 0.1) is 4.75 Å². The Balaban J connectivity index is 1.72. The van der Waals surface area contributed by atoms with Crippen LogP contribution in [0.3, 0.4) is 0 Å². The number of likely N-dealkylation sites (tertiary alicyclic amines) is 1. The van der Waals surface area contributed by atoms with Crippen LogP contribution in [0.4, 0.5) is 4.79 Å². The summed E-state index contributed by atoms with van der Waals surface area (Å²) in [6.07, 6.45) is 6.81. The number of thioether (sulfide) groups is 1. The predicted octanol–water partition coefficient (Wildman–Crippen LogP) is 3.04. The number of ether oxygens (including phenoxy) is 1. The molecule has 1 N–H and O–H groups in total. The maximum Gasteiger partial charge on any atom is 0.407 e. The van der Waals surface area contributed by atoms with Gasteiger partial charge in [-0.3, -0.25) is 4.79 Å². The highest BCUT2D eigenvalue weighted by Gasteiger charge is 2.46. The van der Waals surface area contributed by atoms with Crippen LogP contribution >= 0.6 is 11.8 Å². The molecule has 5 nitrogen and oxygen atoms in total. The van der Waals surface area contributed by atoms with E-state index < -0.39 is 5.60 Å². The van der Waals surface area contributed by atoms with Gasteiger partial charge < -0.3 is 15.0 Å². The average Bonchev–Trinajstić information content (AvgIpc) is 2.43. The summed E-state index contributed by atoms with van der Waals surface area (Å²) in [6.45, 7) is 7.82. The van der Waals surface area contributed by atoms with E-state index in [1.54, 1.807) is 11.8 Å². The lowest BCUT2D eigenvalue weighted by molar-refractivity contribution is -0.137. The highest BCUT2D eigenvalue weighted by molar-refractivity contribution is 8.00. The number of nitrogens with zero attached hydrogens (tertiary/aromatic N) is 1. The molecule has 0 aromatic carbocycles. The highest BCUT2D eigenvalue weighted by Crippen LogP contribution is 2.44. The van der Waals surface area contributed by atoms with Crippen molar-refractivity contribution in [2.24, 2.45) is 5.92 Å². The van der Waals surface area contributed by atoms with Crippen molar-refractivity contribution in [3.63, 3.8) is 0 Å². The number of alkyl carbamates (subject to hydrolysis) is 1. The molecule has 0 aromatic heterocycles. The van der Waals surface area contributed by atoms with Crippen molar-refractivity contribution < 1.29 is 14.3 Å². The van der Waals surface area contributed by atoms with Crippen LogP contribution < -0.4 is 5.32 Å². The van der Waals surface area contributed by atoms with Crippen molar-refractivity contribution in [1.29, 1.82) is 0 Å². The third-order valence-electron chi connectivity index (χ3n) is 4.78. The molecule has 2 fully saturated rings. The average molecular weight is 343 g/mol. The van der Waals surface area contributed by atoms with Crippen LogP contribution in [-0.2, 0) is 9.53 Å². The van der Waals surface area contributed by atoms with E-state index in [-0.39, 0.29) is 10.8 Å². The predicted molar refractivity (Wildman–Crippen MR) is 93.6 cm³/mol. The van der Waals surface area contributed by atoms with Crippen molar-refractivity contribution in [1.82, 2.24) is 10.2 Å². The lowest BCUT2D eigenvalue weighted by Gasteiger charge is -2.44. The van der Waals surface area contributed by atoms with Crippen molar-refractivity contribution in [2.75, 3.05) is 25.9 Å². The van der Waals surface area contributed by atoms with E-state index in [9.17, 15) is 9.59 Å². The molecule has 2 aliphatic rings. The van der Waals surface area contributed by atoms with Crippen molar-refractivity contribution in [3.05, 3.63) is 0 Å². The maximum atomic E-state index is 12.7. The monoisotopic (exact) mass is 342 g/mol. The second-order valence-electron chi connectivity index (χ2n) is 7.67. The molecule has 0 atom stereocenters. The highest BCUT2D eigenvalue weighted by atomic mass is 32.2. The fraction of sp³-hybridized carbons (Fsp3) is 0.882. The molecule has 6 heteroatoms. The first-order chi connectivity index (χ1) is 10.8. The Kier molecular flexibility index (Phi) is 5.87. The molecule has 0 radical (unpaired) electrons. The topological polar surface area (TPSA) is 58.6 Å². The molecule has 0 bridgehead atoms. The summed E-state index contributed by atoms with van der Waals surface area (Å²) in [4.78, 5) is 26.4. The second kappa shape index (κ2) is 7.32. The van der Waals surface area contributed by atoms with Crippen LogP contribution in [-0.4, -0.2) is 53.1 Å². The minimum atomic E-state index is -0.464. The lowest BCUT2D eigenvalue weighted by atomic mass is 9.82. The van der Waals surface area contributed by atoms with Gasteiger partial charge in [0, 0.05) is 19.6 Å². The normalized spacial score (nSPS) is 21.5. The van der Waals surface area contributed by atoms with E-state index >= 15 is 0 Å². The minimum Gasteiger partial charge on any atom is -0.444 e. The number of nitrogens with one attached hydrogen (secondary N) is 1. The third kappa shape index (κ3) is 4.78. The SMILES string of the molecule is CSC1(C(=O)N2CCC(CNC(=O)OC(C)(C)C)CC2)CCC1. The van der Waals surface area contributed by atoms with Crippen LogP contribution in [0.1, 0.15) is 52.9 Å². The number of hydrogen-bond acceptors (Lipinski definition) is 4. The number of piperidine rings is 1. The summed E-state index contributed by atoms with van der Waals surface area (Å²) in [5, 5.41) is 2.85. The Hall–Kier alpha value is -0.910. The fourth-order valence-electron chi connectivity index (χ4n) is 3.17. The molecule has 1 aliphatic carbocycles. The van der Waals surface area contributed by atoms with Gasteiger partial charge in [-0.15, -0.1) is 11.8 Å². The summed E-state index contributed by atoms with van der Waals surface area (Å²) in [6, 6.07) is 0. The first-order valence-electron chi connectivity index (χ1n) is 8.57. The molecule has 1 aliphatic heterocycles. The molecular weight excluding hydrogens is 312 g/mol. The van der Waals surface area contributed by atoms with Gasteiger partial charge in [0.1, 0.15) is 5.60 Å². The van der Waals surface area contributed by atoms with Crippen LogP contribution in [0, 0.1) is 5.92 Å². The number of carbonyl (C=O) groups is 2. The third-order valence-corrected chi connectivity index (χ3v) is 6.14. The van der Waals surface area contributed by atoms with Crippen LogP contribution in [0.15, 0.2) is 0 Å². The van der Waals surface area contributed by atoms with Gasteiger partial charge in [0.25, 0.3) is 0 Å². The summed E-state index contributed by atoms with van der Waals surface area (Å²) < 4.78 is 5.11. The maximum absolute atomic E-state index is 12.7. The van der Waals surface area contributed by atoms with Crippen LogP contribution in [0.2, 0.25) is 0 Å². The van der Waals surface area contributed by atoms with E-state index in [1.807, 2.05) is 25.7 Å². The molecule has 0 spiro atoms. The summed E-state index contributed by atoms with van der Waals surface area (Å²) in [7, 11) is 0. The van der Waals surface area contributed by atoms with Gasteiger partial charge in [0.15, 0.2) is 0 Å². The van der Waals surface area contributed by atoms with E-state index in [1.165, 1.54) is 6.42 Å². The van der Waals surface area contributed by atoms with Gasteiger partial charge in [-0.2, -0.15) is 0 Å². The molecule has 132 valence electrons. The molecule has 1 heterocycles. The lowest BCUT2D eigenvalue weighted by Crippen LogP contribution is -2.53. The minimum absolute atomic E-state index is 0.137. The summed E-state index contributed by atoms with van der Waals surface area (Å²) in [5.74, 6) is 0.757. The zero-order valence-corrected chi connectivity index (χ0v) is 15.6. The molecule has 1 saturated carbocycles. The van der Waals surface area contributed by atoms with E-state index in [0.29, 0.717) is 18.4 Å². The number of rotatable bonds is 4. The molecule has 2 amide bonds. The van der Waals surface area contributed by atoms with Crippen LogP contribution in [0.25, 0.3) is 0 Å². The molecule has 0 aromatic rings. The first-order valence-corrected chi connectivity index (χ1v) is 9.80. The second-order valence-corrected chi connectivity index (χ2v) is 8.86. The Morgan fingerprint density at radius 2 is 1.87 bits per heavy atom. The Labute approximate surface area is 143 Å². The first kappa shape index (κ1) is 18.4. The largest absolute Gasteiger partial charge is 0.444 e. The molecule has 23 heavy (non-hydrogen) atoms. The summed E-state index contributed by atoms with van der Waals surface area (Å²) >= 11 is 1.72. The van der Waals surface area contributed by atoms with Crippen molar-refractivity contribution in [3.8, 4) is 0 Å². The van der Waals surface area contributed by atoms with Gasteiger partial charge in [-0.05, 0) is 65.0 Å². The van der Waals surface area contributed by atoms with Crippen molar-refractivity contribution in [2.45, 2.75) is 63.2 Å². The van der Waals surface area contributed by atoms with E-state index in [4.69, 9.17) is 4.74 Å². The quantitative estimate of drug-likeness (QED) is 0.853. The number of hydrogen-bond donors (Lipinski definition) is 1. The zero-order chi connectivity index (χ0) is 17.1. The number of amides is 2. The van der Waals surface area contributed by atoms with Gasteiger partial charge in [-0.25, -0.2) is 4.79 Å². The van der Waals surface area contributed by atoms with E-state index in [2.05, 4.69) is 11.6 Å². The van der Waals surface area contributed by atoms with Gasteiger partial charge in [0.2, 0.25) is 5.91 Å². The van der Waals surface area contributed by atoms with Gasteiger partial charge in [-0.1, -0.05) is 0 Å². The number of carbonyl (C=O) groups excluding carboxylic acids is 2. The standard InChI is InChI=1S/C17H30N2O3S/c1-16(2,3)22-15(21)18-12-13-6-10-19(11-7-13)14(20)17(23-4)8-5-9-17/h13H,5-12H2,1-4H3,(H,18,21). The fourth-order valence-corrected chi connectivity index (χ4v) is 4.17. The molecule has 1 saturated heterocycles. The molecule has 2 rings (SSSR count). The molecular formula is C17H30N2O3S. The van der Waals surface area contributed by atoms with Crippen molar-refractivity contribution >= 4 is 23.8 Å². The van der Waals surface area contributed by atoms with E-state index in [0.717, 1.165) is 38.8 Å². The summed E-state index contributed by atoms with van der Waals surface area (Å²) in [5.41, 5.74) is -0.464. The van der Waals surface area contributed by atoms with Crippen LogP contribution in [0.5, 0.6) is 0 Å².